The van der Waals surface area contributed by atoms with Gasteiger partial charge in [0.15, 0.2) is 0 Å². The molecule has 0 atom stereocenters. The Balaban J connectivity index is 0.000000810. The molecule has 0 fully saturated rings. The van der Waals surface area contributed by atoms with Crippen molar-refractivity contribution in [2.24, 2.45) is 0 Å². The third-order valence-electron chi connectivity index (χ3n) is 0.651. The number of carboxylic acids is 1. The molecule has 0 saturated carbocycles. The second-order valence-corrected chi connectivity index (χ2v) is 2.93. The number of carbonyl (C=O) groups is 1. The fraction of sp³-hybridized carbons (Fsp3) is 0. The first kappa shape index (κ1) is 10.2. The number of aromatic carboxylic acids is 1. The predicted molar refractivity (Wildman–Crippen MR) is 34.1 cm³/mol. The first-order valence-electron chi connectivity index (χ1n) is 2.02. The largest absolute Gasteiger partial charge is 1.00 e. The van der Waals surface area contributed by atoms with E-state index in [0.29, 0.717) is 4.60 Å². The van der Waals surface area contributed by atoms with Gasteiger partial charge in [-0.2, -0.15) is 0 Å². The van der Waals surface area contributed by atoms with Gasteiger partial charge in [-0.05, 0) is 15.9 Å². The van der Waals surface area contributed by atoms with Gasteiger partial charge >= 0.3 is 18.9 Å². The number of nitrogens with zero attached hydrogens (tertiary/aromatic N) is 1. The van der Waals surface area contributed by atoms with Crippen LogP contribution in [0.2, 0.25) is 0 Å². The number of carbonyl (C=O) groups excluding carboxylic acids is 1. The quantitative estimate of drug-likeness (QED) is 0.477. The van der Waals surface area contributed by atoms with Gasteiger partial charge < -0.3 is 9.90 Å². The van der Waals surface area contributed by atoms with Gasteiger partial charge in [0.25, 0.3) is 0 Å². The monoisotopic (exact) mass is 213 g/mol. The smallest absolute Gasteiger partial charge is 0.542 e. The summed E-state index contributed by atoms with van der Waals surface area (Å²) in [7, 11) is 0. The molecule has 10 heavy (non-hydrogen) atoms. The van der Waals surface area contributed by atoms with Crippen LogP contribution in [0.15, 0.2) is 9.98 Å². The second-order valence-electron chi connectivity index (χ2n) is 1.26. The average Bonchev–Trinajstić information content (AvgIpc) is 2.14. The molecule has 0 aliphatic carbocycles. The molecule has 0 spiro atoms. The van der Waals surface area contributed by atoms with Crippen molar-refractivity contribution in [1.82, 2.24) is 4.98 Å². The summed E-state index contributed by atoms with van der Waals surface area (Å²) in [5.41, 5.74) is 0. The summed E-state index contributed by atoms with van der Waals surface area (Å²) in [6, 6.07) is 0. The Morgan fingerprint density at radius 3 is 2.60 bits per heavy atom. The molecule has 1 rings (SSSR count). The molecular formula is C4HBrLiNO2S. The van der Waals surface area contributed by atoms with Crippen molar-refractivity contribution in [1.29, 1.82) is 0 Å². The Hall–Kier alpha value is 0.177. The van der Waals surface area contributed by atoms with Gasteiger partial charge in [-0.1, -0.05) is 0 Å². The maximum absolute atomic E-state index is 10.0. The Morgan fingerprint density at radius 2 is 2.40 bits per heavy atom. The van der Waals surface area contributed by atoms with E-state index in [1.807, 2.05) is 0 Å². The predicted octanol–water partition coefficient (Wildman–Crippen LogP) is -2.73. The zero-order valence-corrected chi connectivity index (χ0v) is 7.53. The maximum atomic E-state index is 10.0. The summed E-state index contributed by atoms with van der Waals surface area (Å²) >= 11 is 4.05. The molecule has 1 aromatic rings. The van der Waals surface area contributed by atoms with Crippen LogP contribution in [0.25, 0.3) is 0 Å². The molecular weight excluding hydrogens is 213 g/mol. The van der Waals surface area contributed by atoms with Crippen LogP contribution in [0.3, 0.4) is 0 Å². The zero-order valence-electron chi connectivity index (χ0n) is 5.13. The van der Waals surface area contributed by atoms with Gasteiger partial charge in [0.1, 0.15) is 15.6 Å². The van der Waals surface area contributed by atoms with Crippen LogP contribution in [0.1, 0.15) is 9.80 Å². The number of hydrogen-bond acceptors (Lipinski definition) is 4. The molecule has 0 bridgehead atoms. The van der Waals surface area contributed by atoms with Gasteiger partial charge in [0.2, 0.25) is 0 Å². The summed E-state index contributed by atoms with van der Waals surface area (Å²) in [5.74, 6) is -1.23. The normalized spacial score (nSPS) is 8.50. The molecule has 0 N–H and O–H groups in total. The van der Waals surface area contributed by atoms with Crippen LogP contribution < -0.4 is 24.0 Å². The Morgan fingerprint density at radius 1 is 1.80 bits per heavy atom. The number of carboxylic acid groups (broad SMARTS) is 1. The molecule has 0 amide bonds. The number of rotatable bonds is 1. The molecule has 3 nitrogen and oxygen atoms in total. The molecule has 0 aliphatic rings. The minimum atomic E-state index is -1.23. The van der Waals surface area contributed by atoms with Gasteiger partial charge in [0, 0.05) is 5.38 Å². The van der Waals surface area contributed by atoms with Gasteiger partial charge in [-0.25, -0.2) is 4.98 Å². The fourth-order valence-corrected chi connectivity index (χ4v) is 1.43. The van der Waals surface area contributed by atoms with E-state index < -0.39 is 5.97 Å². The summed E-state index contributed by atoms with van der Waals surface area (Å²) in [4.78, 5) is 13.6. The second kappa shape index (κ2) is 4.14. The molecule has 0 aromatic carbocycles. The Labute approximate surface area is 81.8 Å². The fourth-order valence-electron chi connectivity index (χ4n) is 0.348. The Kier molecular flexibility index (Phi) is 4.21. The molecule has 48 valence electrons. The molecule has 0 saturated heterocycles. The summed E-state index contributed by atoms with van der Waals surface area (Å²) in [6.07, 6.45) is 0. The van der Waals surface area contributed by atoms with Crippen LogP contribution >= 0.6 is 27.3 Å². The minimum absolute atomic E-state index is 0. The number of aromatic nitrogens is 1. The van der Waals surface area contributed by atoms with Crippen molar-refractivity contribution < 1.29 is 28.8 Å². The van der Waals surface area contributed by atoms with Crippen molar-refractivity contribution in [2.75, 3.05) is 0 Å². The van der Waals surface area contributed by atoms with E-state index in [9.17, 15) is 9.90 Å². The molecule has 1 heterocycles. The third-order valence-corrected chi connectivity index (χ3v) is 2.18. The van der Waals surface area contributed by atoms with E-state index in [1.54, 1.807) is 5.38 Å². The molecule has 0 aliphatic heterocycles. The van der Waals surface area contributed by atoms with Crippen molar-refractivity contribution >= 4 is 33.2 Å². The van der Waals surface area contributed by atoms with E-state index in [0.717, 1.165) is 11.3 Å². The number of halogens is 1. The van der Waals surface area contributed by atoms with E-state index in [2.05, 4.69) is 20.9 Å². The van der Waals surface area contributed by atoms with Crippen molar-refractivity contribution in [2.45, 2.75) is 0 Å². The minimum Gasteiger partial charge on any atom is -0.542 e. The van der Waals surface area contributed by atoms with E-state index >= 15 is 0 Å². The molecule has 0 radical (unpaired) electrons. The molecule has 0 unspecified atom stereocenters. The zero-order chi connectivity index (χ0) is 6.85. The van der Waals surface area contributed by atoms with Crippen LogP contribution in [0.5, 0.6) is 0 Å². The van der Waals surface area contributed by atoms with Crippen LogP contribution in [-0.2, 0) is 0 Å². The number of hydrogen-bond donors (Lipinski definition) is 0. The van der Waals surface area contributed by atoms with Gasteiger partial charge in [-0.3, -0.25) is 0 Å². The summed E-state index contributed by atoms with van der Waals surface area (Å²) in [5, 5.41) is 11.6. The topological polar surface area (TPSA) is 53.0 Å². The van der Waals surface area contributed by atoms with Crippen LogP contribution in [0.4, 0.5) is 0 Å². The van der Waals surface area contributed by atoms with Crippen molar-refractivity contribution in [3.05, 3.63) is 15.0 Å². The average molecular weight is 214 g/mol. The molecule has 1 aromatic heterocycles. The van der Waals surface area contributed by atoms with Crippen LogP contribution in [0, 0.1) is 0 Å². The van der Waals surface area contributed by atoms with E-state index in [4.69, 9.17) is 0 Å². The van der Waals surface area contributed by atoms with Gasteiger partial charge in [0.05, 0.1) is 0 Å². The number of thiazole rings is 1. The molecule has 6 heteroatoms. The van der Waals surface area contributed by atoms with Gasteiger partial charge in [-0.15, -0.1) is 11.3 Å². The van der Waals surface area contributed by atoms with Crippen molar-refractivity contribution in [3.63, 3.8) is 0 Å². The SMILES string of the molecule is O=C([O-])c1nc(Br)cs1.[Li+]. The van der Waals surface area contributed by atoms with Crippen LogP contribution in [-0.4, -0.2) is 11.0 Å². The first-order valence-corrected chi connectivity index (χ1v) is 3.70. The summed E-state index contributed by atoms with van der Waals surface area (Å²) in [6.45, 7) is 0. The van der Waals surface area contributed by atoms with E-state index in [-0.39, 0.29) is 23.9 Å². The Bertz CT molecular complexity index is 239. The van der Waals surface area contributed by atoms with E-state index in [1.165, 1.54) is 0 Å². The standard InChI is InChI=1S/C4H2BrNO2S.Li/c5-2-1-9-3(6-2)4(7)8;/h1H,(H,7,8);/q;+1/p-1. The first-order chi connectivity index (χ1) is 4.20. The summed E-state index contributed by atoms with van der Waals surface area (Å²) < 4.78 is 0.534. The van der Waals surface area contributed by atoms with Crippen molar-refractivity contribution in [3.8, 4) is 0 Å². The maximum Gasteiger partial charge on any atom is 1.00 e. The third kappa shape index (κ3) is 2.43.